The van der Waals surface area contributed by atoms with Gasteiger partial charge in [0.1, 0.15) is 23.7 Å². The average molecular weight is 420 g/mol. The van der Waals surface area contributed by atoms with Crippen molar-refractivity contribution in [2.24, 2.45) is 0 Å². The zero-order valence-electron chi connectivity index (χ0n) is 17.6. The zero-order chi connectivity index (χ0) is 22.2. The van der Waals surface area contributed by atoms with Gasteiger partial charge in [-0.15, -0.1) is 0 Å². The Morgan fingerprint density at radius 1 is 0.903 bits per heavy atom. The number of rotatable bonds is 9. The lowest BCUT2D eigenvalue weighted by atomic mass is 10.0. The van der Waals surface area contributed by atoms with Gasteiger partial charge in [-0.3, -0.25) is 4.79 Å². The molecule has 160 valence electrons. The van der Waals surface area contributed by atoms with Crippen LogP contribution in [0, 0.1) is 0 Å². The molecule has 3 aromatic rings. The molecule has 0 radical (unpaired) electrons. The summed E-state index contributed by atoms with van der Waals surface area (Å²) in [4.78, 5) is 12.8. The number of phenols is 1. The maximum absolute atomic E-state index is 12.8. The lowest BCUT2D eigenvalue weighted by molar-refractivity contribution is 0.104. The molecule has 3 rings (SSSR count). The highest BCUT2D eigenvalue weighted by Crippen LogP contribution is 2.44. The normalized spacial score (nSPS) is 10.7. The third-order valence-corrected chi connectivity index (χ3v) is 4.61. The predicted octanol–water partition coefficient (Wildman–Crippen LogP) is 4.89. The number of methoxy groups -OCH3 is 3. The van der Waals surface area contributed by atoms with Crippen LogP contribution in [0.2, 0.25) is 0 Å². The molecular weight excluding hydrogens is 396 g/mol. The first kappa shape index (κ1) is 21.8. The van der Waals surface area contributed by atoms with Crippen molar-refractivity contribution in [1.29, 1.82) is 0 Å². The van der Waals surface area contributed by atoms with E-state index in [-0.39, 0.29) is 28.6 Å². The number of carbonyl (C=O) groups is 1. The SMILES string of the molecule is COc1cc(OC)c(C(=O)C=Cc2cccc(OCc3ccccc3)c2)c(O)c1OC. The number of ether oxygens (including phenoxy) is 4. The fourth-order valence-electron chi connectivity index (χ4n) is 3.06. The van der Waals surface area contributed by atoms with Crippen LogP contribution in [0.4, 0.5) is 0 Å². The summed E-state index contributed by atoms with van der Waals surface area (Å²) in [6.45, 7) is 0.448. The van der Waals surface area contributed by atoms with Gasteiger partial charge in [0.25, 0.3) is 0 Å². The van der Waals surface area contributed by atoms with E-state index in [0.717, 1.165) is 11.1 Å². The summed E-state index contributed by atoms with van der Waals surface area (Å²) in [6, 6.07) is 18.7. The Morgan fingerprint density at radius 2 is 1.65 bits per heavy atom. The summed E-state index contributed by atoms with van der Waals surface area (Å²) in [6.07, 6.45) is 3.01. The van der Waals surface area contributed by atoms with Gasteiger partial charge in [-0.2, -0.15) is 0 Å². The largest absolute Gasteiger partial charge is 0.504 e. The highest BCUT2D eigenvalue weighted by Gasteiger charge is 2.23. The molecule has 31 heavy (non-hydrogen) atoms. The van der Waals surface area contributed by atoms with Crippen LogP contribution in [0.15, 0.2) is 66.7 Å². The van der Waals surface area contributed by atoms with Crippen LogP contribution in [-0.2, 0) is 6.61 Å². The van der Waals surface area contributed by atoms with Crippen LogP contribution < -0.4 is 18.9 Å². The molecule has 3 aromatic carbocycles. The van der Waals surface area contributed by atoms with Crippen molar-refractivity contribution in [2.75, 3.05) is 21.3 Å². The van der Waals surface area contributed by atoms with E-state index < -0.39 is 5.78 Å². The molecule has 0 aliphatic heterocycles. The fourth-order valence-corrected chi connectivity index (χ4v) is 3.06. The third-order valence-electron chi connectivity index (χ3n) is 4.61. The monoisotopic (exact) mass is 420 g/mol. The number of hydrogen-bond donors (Lipinski definition) is 1. The van der Waals surface area contributed by atoms with Gasteiger partial charge >= 0.3 is 0 Å². The van der Waals surface area contributed by atoms with Crippen LogP contribution in [-0.4, -0.2) is 32.2 Å². The molecule has 1 N–H and O–H groups in total. The Balaban J connectivity index is 1.80. The molecule has 0 atom stereocenters. The van der Waals surface area contributed by atoms with Crippen molar-refractivity contribution in [3.8, 4) is 28.7 Å². The first-order valence-corrected chi connectivity index (χ1v) is 9.58. The van der Waals surface area contributed by atoms with Crippen LogP contribution in [0.1, 0.15) is 21.5 Å². The lowest BCUT2D eigenvalue weighted by Gasteiger charge is -2.15. The van der Waals surface area contributed by atoms with Gasteiger partial charge in [0, 0.05) is 6.07 Å². The molecule has 0 bridgehead atoms. The molecule has 0 aromatic heterocycles. The van der Waals surface area contributed by atoms with Gasteiger partial charge < -0.3 is 24.1 Å². The van der Waals surface area contributed by atoms with Gasteiger partial charge in [-0.1, -0.05) is 48.5 Å². The number of ketones is 1. The first-order chi connectivity index (χ1) is 15.1. The van der Waals surface area contributed by atoms with E-state index in [1.165, 1.54) is 33.5 Å². The minimum absolute atomic E-state index is 0.00659. The second-order valence-electron chi connectivity index (χ2n) is 6.58. The van der Waals surface area contributed by atoms with Gasteiger partial charge in [-0.25, -0.2) is 0 Å². The maximum atomic E-state index is 12.8. The minimum atomic E-state index is -0.439. The smallest absolute Gasteiger partial charge is 0.204 e. The van der Waals surface area contributed by atoms with E-state index in [0.29, 0.717) is 12.4 Å². The standard InChI is InChI=1S/C25H24O6/c1-28-21-15-22(29-2)25(30-3)24(27)23(21)20(26)13-12-17-10-7-11-19(14-17)31-16-18-8-5-4-6-9-18/h4-15,27H,16H2,1-3H3. The highest BCUT2D eigenvalue weighted by atomic mass is 16.5. The van der Waals surface area contributed by atoms with Crippen molar-refractivity contribution in [3.63, 3.8) is 0 Å². The Kier molecular flexibility index (Phi) is 7.17. The second-order valence-corrected chi connectivity index (χ2v) is 6.58. The average Bonchev–Trinajstić information content (AvgIpc) is 2.81. The van der Waals surface area contributed by atoms with Gasteiger partial charge in [0.2, 0.25) is 5.75 Å². The number of carbonyl (C=O) groups excluding carboxylic acids is 1. The fraction of sp³-hybridized carbons (Fsp3) is 0.160. The van der Waals surface area contributed by atoms with Crippen molar-refractivity contribution in [2.45, 2.75) is 6.61 Å². The van der Waals surface area contributed by atoms with E-state index in [1.807, 2.05) is 54.6 Å². The van der Waals surface area contributed by atoms with E-state index in [9.17, 15) is 9.90 Å². The van der Waals surface area contributed by atoms with Crippen molar-refractivity contribution < 1.29 is 28.8 Å². The van der Waals surface area contributed by atoms with Gasteiger partial charge in [-0.05, 0) is 29.3 Å². The summed E-state index contributed by atoms with van der Waals surface area (Å²) in [5.74, 6) is 0.422. The molecule has 0 saturated heterocycles. The maximum Gasteiger partial charge on any atom is 0.204 e. The van der Waals surface area contributed by atoms with Crippen LogP contribution in [0.3, 0.4) is 0 Å². The number of phenolic OH excluding ortho intramolecular Hbond substituents is 1. The van der Waals surface area contributed by atoms with Gasteiger partial charge in [0.15, 0.2) is 17.3 Å². The van der Waals surface area contributed by atoms with Crippen molar-refractivity contribution in [3.05, 3.63) is 83.4 Å². The topological polar surface area (TPSA) is 74.2 Å². The van der Waals surface area contributed by atoms with E-state index in [1.54, 1.807) is 6.08 Å². The Labute approximate surface area is 181 Å². The Bertz CT molecular complexity index is 1070. The number of allylic oxidation sites excluding steroid dienone is 1. The molecule has 6 heteroatoms. The number of aromatic hydroxyl groups is 1. The molecule has 0 unspecified atom stereocenters. The molecule has 0 amide bonds. The van der Waals surface area contributed by atoms with Crippen molar-refractivity contribution >= 4 is 11.9 Å². The molecule has 0 spiro atoms. The third kappa shape index (κ3) is 5.17. The Hall–Kier alpha value is -3.93. The van der Waals surface area contributed by atoms with Gasteiger partial charge in [0.05, 0.1) is 21.3 Å². The molecule has 6 nitrogen and oxygen atoms in total. The lowest BCUT2D eigenvalue weighted by Crippen LogP contribution is -2.03. The summed E-state index contributed by atoms with van der Waals surface area (Å²) in [7, 11) is 4.23. The summed E-state index contributed by atoms with van der Waals surface area (Å²) in [5, 5.41) is 10.5. The van der Waals surface area contributed by atoms with E-state index in [2.05, 4.69) is 0 Å². The highest BCUT2D eigenvalue weighted by molar-refractivity contribution is 6.11. The molecule has 0 fully saturated rings. The van der Waals surface area contributed by atoms with Crippen LogP contribution >= 0.6 is 0 Å². The van der Waals surface area contributed by atoms with E-state index in [4.69, 9.17) is 18.9 Å². The second kappa shape index (κ2) is 10.2. The first-order valence-electron chi connectivity index (χ1n) is 9.58. The number of benzene rings is 3. The molecule has 0 heterocycles. The Morgan fingerprint density at radius 3 is 2.32 bits per heavy atom. The number of hydrogen-bond acceptors (Lipinski definition) is 6. The molecule has 0 saturated carbocycles. The summed E-state index contributed by atoms with van der Waals surface area (Å²) >= 11 is 0. The molecule has 0 aliphatic rings. The van der Waals surface area contributed by atoms with E-state index >= 15 is 0 Å². The predicted molar refractivity (Wildman–Crippen MR) is 118 cm³/mol. The van der Waals surface area contributed by atoms with Crippen LogP contribution in [0.25, 0.3) is 6.08 Å². The van der Waals surface area contributed by atoms with Crippen molar-refractivity contribution in [1.82, 2.24) is 0 Å². The zero-order valence-corrected chi connectivity index (χ0v) is 17.6. The quantitative estimate of drug-likeness (QED) is 0.392. The molecule has 0 aliphatic carbocycles. The summed E-state index contributed by atoms with van der Waals surface area (Å²) in [5.41, 5.74) is 1.83. The minimum Gasteiger partial charge on any atom is -0.504 e. The summed E-state index contributed by atoms with van der Waals surface area (Å²) < 4.78 is 21.4. The van der Waals surface area contributed by atoms with Crippen LogP contribution in [0.5, 0.6) is 28.7 Å². The molecular formula is C25H24O6.